The van der Waals surface area contributed by atoms with Gasteiger partial charge in [-0.15, -0.1) is 0 Å². The average molecular weight is 463 g/mol. The van der Waals surface area contributed by atoms with Crippen LogP contribution in [0.15, 0.2) is 60.8 Å². The number of carbonyl (C=O) groups is 1. The zero-order valence-electron chi connectivity index (χ0n) is 18.0. The lowest BCUT2D eigenvalue weighted by atomic mass is 10.1. The monoisotopic (exact) mass is 462 g/mol. The Kier molecular flexibility index (Phi) is 5.85. The van der Waals surface area contributed by atoms with Crippen molar-refractivity contribution in [3.63, 3.8) is 0 Å². The largest absolute Gasteiger partial charge is 0.378 e. The number of nitrogens with one attached hydrogen (secondary N) is 3. The lowest BCUT2D eigenvalue weighted by Crippen LogP contribution is -2.40. The fourth-order valence-corrected chi connectivity index (χ4v) is 3.70. The Labute approximate surface area is 195 Å². The molecule has 0 atom stereocenters. The molecule has 2 aromatic carbocycles. The predicted octanol–water partition coefficient (Wildman–Crippen LogP) is 4.30. The minimum Gasteiger partial charge on any atom is -0.378 e. The molecule has 168 valence electrons. The molecule has 1 aliphatic rings. The molecule has 0 aliphatic carbocycles. The highest BCUT2D eigenvalue weighted by Gasteiger charge is 2.18. The van der Waals surface area contributed by atoms with Gasteiger partial charge >= 0.3 is 0 Å². The molecule has 0 unspecified atom stereocenters. The number of ether oxygens (including phenoxy) is 1. The van der Waals surface area contributed by atoms with Crippen LogP contribution in [-0.2, 0) is 18.3 Å². The molecular weight excluding hydrogens is 440 g/mol. The van der Waals surface area contributed by atoms with E-state index in [-0.39, 0.29) is 5.91 Å². The topological polar surface area (TPSA) is 93.1 Å². The smallest absolute Gasteiger partial charge is 0.256 e. The van der Waals surface area contributed by atoms with Crippen LogP contribution in [0.2, 0.25) is 5.02 Å². The molecule has 2 aromatic heterocycles. The highest BCUT2D eigenvalue weighted by molar-refractivity contribution is 6.30. The number of imidazole rings is 1. The molecule has 0 saturated carbocycles. The Hall–Kier alpha value is -3.62. The van der Waals surface area contributed by atoms with Crippen molar-refractivity contribution in [1.29, 1.82) is 0 Å². The van der Waals surface area contributed by atoms with E-state index in [1.165, 1.54) is 6.20 Å². The zero-order valence-corrected chi connectivity index (χ0v) is 18.8. The number of hydrogen-bond acceptors (Lipinski definition) is 6. The van der Waals surface area contributed by atoms with Crippen LogP contribution in [0.25, 0.3) is 11.0 Å². The molecule has 1 fully saturated rings. The summed E-state index contributed by atoms with van der Waals surface area (Å²) >= 11 is 5.83. The lowest BCUT2D eigenvalue weighted by Gasteiger charge is -2.27. The van der Waals surface area contributed by atoms with Crippen molar-refractivity contribution in [1.82, 2.24) is 14.5 Å². The van der Waals surface area contributed by atoms with Crippen molar-refractivity contribution in [3.05, 3.63) is 76.9 Å². The number of aryl methyl sites for hydroxylation is 1. The molecule has 0 bridgehead atoms. The molecular formula is C24H23ClN6O2. The summed E-state index contributed by atoms with van der Waals surface area (Å²) in [4.78, 5) is 21.2. The summed E-state index contributed by atoms with van der Waals surface area (Å²) in [5.41, 5.74) is 4.63. The fraction of sp³-hybridized carbons (Fsp3) is 0.208. The van der Waals surface area contributed by atoms with Gasteiger partial charge in [-0.2, -0.15) is 0 Å². The normalized spacial score (nSPS) is 13.5. The maximum Gasteiger partial charge on any atom is 0.256 e. The number of halogens is 1. The quantitative estimate of drug-likeness (QED) is 0.379. The molecule has 3 heterocycles. The first-order valence-corrected chi connectivity index (χ1v) is 11.0. The van der Waals surface area contributed by atoms with Crippen LogP contribution < -0.4 is 16.0 Å². The van der Waals surface area contributed by atoms with Gasteiger partial charge in [0.15, 0.2) is 0 Å². The highest BCUT2D eigenvalue weighted by Crippen LogP contribution is 2.24. The Bertz CT molecular complexity index is 1280. The highest BCUT2D eigenvalue weighted by atomic mass is 35.5. The van der Waals surface area contributed by atoms with E-state index in [0.717, 1.165) is 41.4 Å². The third-order valence-corrected chi connectivity index (χ3v) is 5.75. The van der Waals surface area contributed by atoms with Crippen molar-refractivity contribution in [2.24, 2.45) is 7.05 Å². The van der Waals surface area contributed by atoms with Gasteiger partial charge < -0.3 is 25.3 Å². The van der Waals surface area contributed by atoms with Gasteiger partial charge in [0.25, 0.3) is 5.91 Å². The van der Waals surface area contributed by atoms with Gasteiger partial charge in [0.2, 0.25) is 5.95 Å². The van der Waals surface area contributed by atoms with Gasteiger partial charge in [-0.1, -0.05) is 23.7 Å². The molecule has 0 radical (unpaired) electrons. The van der Waals surface area contributed by atoms with Crippen molar-refractivity contribution in [3.8, 4) is 0 Å². The van der Waals surface area contributed by atoms with Gasteiger partial charge in [0, 0.05) is 31.0 Å². The Morgan fingerprint density at radius 3 is 2.67 bits per heavy atom. The Balaban J connectivity index is 1.22. The van der Waals surface area contributed by atoms with E-state index in [1.807, 2.05) is 35.9 Å². The predicted molar refractivity (Wildman–Crippen MR) is 130 cm³/mol. The summed E-state index contributed by atoms with van der Waals surface area (Å²) in [5, 5.41) is 10.1. The summed E-state index contributed by atoms with van der Waals surface area (Å²) in [6.45, 7) is 2.08. The van der Waals surface area contributed by atoms with Gasteiger partial charge in [-0.3, -0.25) is 4.79 Å². The summed E-state index contributed by atoms with van der Waals surface area (Å²) in [5.74, 6) is 1.01. The molecule has 3 N–H and O–H groups in total. The maximum absolute atomic E-state index is 12.4. The molecule has 0 spiro atoms. The van der Waals surface area contributed by atoms with Crippen LogP contribution in [0.5, 0.6) is 0 Å². The number of amides is 1. The molecule has 4 aromatic rings. The number of fused-ring (bicyclic) bond motifs is 1. The van der Waals surface area contributed by atoms with Crippen LogP contribution in [0.1, 0.15) is 15.9 Å². The molecule has 8 nitrogen and oxygen atoms in total. The van der Waals surface area contributed by atoms with E-state index in [4.69, 9.17) is 21.3 Å². The second kappa shape index (κ2) is 9.09. The summed E-state index contributed by atoms with van der Waals surface area (Å²) in [7, 11) is 1.99. The van der Waals surface area contributed by atoms with Crippen LogP contribution in [0.4, 0.5) is 17.5 Å². The number of hydrogen-bond donors (Lipinski definition) is 3. The van der Waals surface area contributed by atoms with Crippen molar-refractivity contribution in [2.45, 2.75) is 12.6 Å². The summed E-state index contributed by atoms with van der Waals surface area (Å²) in [6.07, 6.45) is 1.49. The first-order chi connectivity index (χ1) is 16.0. The standard InChI is InChI=1S/C24H23ClN6O2/c1-31-21-10-18(28-19-13-33-14-19)7-8-20(21)29-24(31)27-11-15-2-4-16(5-3-15)23(32)30-22-9-6-17(25)12-26-22/h2-10,12,19,28H,11,13-14H2,1H3,(H,27,29)(H,26,30,32). The third kappa shape index (κ3) is 4.76. The second-order valence-electron chi connectivity index (χ2n) is 7.94. The van der Waals surface area contributed by atoms with E-state index in [2.05, 4.69) is 27.0 Å². The third-order valence-electron chi connectivity index (χ3n) is 5.53. The number of anilines is 3. The minimum absolute atomic E-state index is 0.224. The van der Waals surface area contributed by atoms with Crippen molar-refractivity contribution in [2.75, 3.05) is 29.2 Å². The first kappa shape index (κ1) is 21.2. The van der Waals surface area contributed by atoms with Crippen molar-refractivity contribution < 1.29 is 9.53 Å². The number of carbonyl (C=O) groups excluding carboxylic acids is 1. The molecule has 5 rings (SSSR count). The van der Waals surface area contributed by atoms with Gasteiger partial charge in [-0.05, 0) is 48.0 Å². The first-order valence-electron chi connectivity index (χ1n) is 10.6. The second-order valence-corrected chi connectivity index (χ2v) is 8.38. The van der Waals surface area contributed by atoms with E-state index in [0.29, 0.717) is 29.0 Å². The average Bonchev–Trinajstić information content (AvgIpc) is 3.12. The molecule has 9 heteroatoms. The summed E-state index contributed by atoms with van der Waals surface area (Å²) in [6, 6.07) is 17.3. The number of rotatable bonds is 7. The van der Waals surface area contributed by atoms with E-state index < -0.39 is 0 Å². The minimum atomic E-state index is -0.224. The Morgan fingerprint density at radius 1 is 1.15 bits per heavy atom. The fourth-order valence-electron chi connectivity index (χ4n) is 3.59. The number of pyridine rings is 1. The number of benzene rings is 2. The lowest BCUT2D eigenvalue weighted by molar-refractivity contribution is 0.0211. The molecule has 1 amide bonds. The SMILES string of the molecule is Cn1c(NCc2ccc(C(=O)Nc3ccc(Cl)cn3)cc2)nc2ccc(NC3COC3)cc21. The maximum atomic E-state index is 12.4. The van der Waals surface area contributed by atoms with E-state index in [1.54, 1.807) is 24.3 Å². The van der Waals surface area contributed by atoms with E-state index in [9.17, 15) is 4.79 Å². The van der Waals surface area contributed by atoms with E-state index >= 15 is 0 Å². The molecule has 1 aliphatic heterocycles. The van der Waals surface area contributed by atoms with Gasteiger partial charge in [-0.25, -0.2) is 9.97 Å². The van der Waals surface area contributed by atoms with Gasteiger partial charge in [0.1, 0.15) is 5.82 Å². The van der Waals surface area contributed by atoms with Gasteiger partial charge in [0.05, 0.1) is 35.3 Å². The number of nitrogens with zero attached hydrogens (tertiary/aromatic N) is 3. The number of aromatic nitrogens is 3. The van der Waals surface area contributed by atoms with Crippen LogP contribution in [0.3, 0.4) is 0 Å². The molecule has 1 saturated heterocycles. The van der Waals surface area contributed by atoms with Crippen LogP contribution in [0, 0.1) is 0 Å². The molecule has 33 heavy (non-hydrogen) atoms. The Morgan fingerprint density at radius 2 is 1.97 bits per heavy atom. The zero-order chi connectivity index (χ0) is 22.8. The van der Waals surface area contributed by atoms with Crippen LogP contribution >= 0.6 is 11.6 Å². The van der Waals surface area contributed by atoms with Crippen LogP contribution in [-0.4, -0.2) is 39.7 Å². The van der Waals surface area contributed by atoms with Crippen molar-refractivity contribution >= 4 is 46.0 Å². The summed E-state index contributed by atoms with van der Waals surface area (Å²) < 4.78 is 7.27.